The first-order valence-electron chi connectivity index (χ1n) is 6.14. The fourth-order valence-corrected chi connectivity index (χ4v) is 2.46. The van der Waals surface area contributed by atoms with Crippen molar-refractivity contribution >= 4 is 5.95 Å². The number of nitrogens with zero attached hydrogens (tertiary/aromatic N) is 2. The van der Waals surface area contributed by atoms with Gasteiger partial charge in [-0.15, -0.1) is 0 Å². The monoisotopic (exact) mass is 236 g/mol. The molecule has 0 radical (unpaired) electrons. The van der Waals surface area contributed by atoms with Gasteiger partial charge in [-0.2, -0.15) is 4.98 Å². The molecular formula is C12H20N4O. The number of hydrogen-bond acceptors (Lipinski definition) is 5. The minimum atomic E-state index is 0.587. The molecule has 0 bridgehead atoms. The fraction of sp³-hybridized carbons (Fsp3) is 0.667. The number of rotatable bonds is 5. The van der Waals surface area contributed by atoms with E-state index in [1.807, 2.05) is 0 Å². The van der Waals surface area contributed by atoms with Crippen molar-refractivity contribution in [1.29, 1.82) is 0 Å². The first kappa shape index (κ1) is 12.1. The third kappa shape index (κ3) is 3.06. The molecule has 1 aromatic rings. The summed E-state index contributed by atoms with van der Waals surface area (Å²) in [6, 6.07) is 1.74. The van der Waals surface area contributed by atoms with Gasteiger partial charge in [-0.25, -0.2) is 4.98 Å². The van der Waals surface area contributed by atoms with E-state index in [1.165, 1.54) is 19.3 Å². The number of anilines is 1. The molecule has 0 saturated heterocycles. The summed E-state index contributed by atoms with van der Waals surface area (Å²) in [5, 5.41) is 3.27. The molecule has 0 spiro atoms. The van der Waals surface area contributed by atoms with E-state index in [4.69, 9.17) is 10.5 Å². The zero-order valence-corrected chi connectivity index (χ0v) is 10.2. The Balaban J connectivity index is 1.88. The van der Waals surface area contributed by atoms with Gasteiger partial charge in [-0.05, 0) is 31.2 Å². The standard InChI is InChI=1S/C12H20N4O/c1-17-11-5-6-14-12(16-11)15-8-10-4-2-3-9(10)7-13/h5-6,9-10H,2-4,7-8,13H2,1H3,(H,14,15,16). The van der Waals surface area contributed by atoms with Crippen molar-refractivity contribution in [3.8, 4) is 5.88 Å². The first-order valence-corrected chi connectivity index (χ1v) is 6.14. The normalized spacial score (nSPS) is 23.6. The molecule has 3 N–H and O–H groups in total. The topological polar surface area (TPSA) is 73.1 Å². The number of methoxy groups -OCH3 is 1. The molecular weight excluding hydrogens is 216 g/mol. The van der Waals surface area contributed by atoms with Crippen molar-refractivity contribution in [2.45, 2.75) is 19.3 Å². The molecule has 5 nitrogen and oxygen atoms in total. The molecule has 0 aliphatic heterocycles. The Morgan fingerprint density at radius 2 is 2.29 bits per heavy atom. The highest BCUT2D eigenvalue weighted by Gasteiger charge is 2.25. The second-order valence-electron chi connectivity index (χ2n) is 4.49. The van der Waals surface area contributed by atoms with Crippen molar-refractivity contribution < 1.29 is 4.74 Å². The van der Waals surface area contributed by atoms with Crippen LogP contribution in [0, 0.1) is 11.8 Å². The number of nitrogens with one attached hydrogen (secondary N) is 1. The van der Waals surface area contributed by atoms with Crippen LogP contribution in [0.4, 0.5) is 5.95 Å². The lowest BCUT2D eigenvalue weighted by Gasteiger charge is -2.18. The quantitative estimate of drug-likeness (QED) is 0.805. The van der Waals surface area contributed by atoms with Crippen LogP contribution < -0.4 is 15.8 Å². The zero-order valence-electron chi connectivity index (χ0n) is 10.2. The molecule has 2 unspecified atom stereocenters. The van der Waals surface area contributed by atoms with E-state index in [0.717, 1.165) is 13.1 Å². The zero-order chi connectivity index (χ0) is 12.1. The summed E-state index contributed by atoms with van der Waals surface area (Å²) in [5.41, 5.74) is 5.76. The molecule has 1 fully saturated rings. The van der Waals surface area contributed by atoms with Gasteiger partial charge in [0.05, 0.1) is 7.11 Å². The molecule has 2 atom stereocenters. The molecule has 0 aromatic carbocycles. The van der Waals surface area contributed by atoms with E-state index in [0.29, 0.717) is 23.7 Å². The van der Waals surface area contributed by atoms with Crippen LogP contribution in [0.1, 0.15) is 19.3 Å². The van der Waals surface area contributed by atoms with Crippen molar-refractivity contribution in [3.63, 3.8) is 0 Å². The highest BCUT2D eigenvalue weighted by atomic mass is 16.5. The molecule has 1 saturated carbocycles. The highest BCUT2D eigenvalue weighted by Crippen LogP contribution is 2.30. The number of nitrogens with two attached hydrogens (primary N) is 1. The van der Waals surface area contributed by atoms with Crippen LogP contribution in [0.25, 0.3) is 0 Å². The lowest BCUT2D eigenvalue weighted by atomic mass is 9.96. The number of ether oxygens (including phenoxy) is 1. The van der Waals surface area contributed by atoms with Crippen molar-refractivity contribution in [1.82, 2.24) is 9.97 Å². The van der Waals surface area contributed by atoms with Crippen LogP contribution in [0.15, 0.2) is 12.3 Å². The summed E-state index contributed by atoms with van der Waals surface area (Å²) in [5.74, 6) is 2.51. The van der Waals surface area contributed by atoms with E-state index in [-0.39, 0.29) is 0 Å². The lowest BCUT2D eigenvalue weighted by Crippen LogP contribution is -2.24. The molecule has 0 amide bonds. The van der Waals surface area contributed by atoms with E-state index >= 15 is 0 Å². The number of hydrogen-bond donors (Lipinski definition) is 2. The summed E-state index contributed by atoms with van der Waals surface area (Å²) in [6.45, 7) is 1.68. The van der Waals surface area contributed by atoms with Crippen molar-refractivity contribution in [2.24, 2.45) is 17.6 Å². The van der Waals surface area contributed by atoms with E-state index in [9.17, 15) is 0 Å². The minimum absolute atomic E-state index is 0.587. The maximum atomic E-state index is 5.76. The van der Waals surface area contributed by atoms with E-state index < -0.39 is 0 Å². The molecule has 1 aliphatic rings. The van der Waals surface area contributed by atoms with Crippen LogP contribution in [-0.4, -0.2) is 30.2 Å². The maximum absolute atomic E-state index is 5.76. The fourth-order valence-electron chi connectivity index (χ4n) is 2.46. The summed E-state index contributed by atoms with van der Waals surface area (Å²) in [7, 11) is 1.60. The van der Waals surface area contributed by atoms with E-state index in [1.54, 1.807) is 19.4 Å². The predicted molar refractivity (Wildman–Crippen MR) is 67.0 cm³/mol. The van der Waals surface area contributed by atoms with Gasteiger partial charge in [-0.1, -0.05) is 6.42 Å². The summed E-state index contributed by atoms with van der Waals surface area (Å²) < 4.78 is 5.06. The van der Waals surface area contributed by atoms with Gasteiger partial charge in [0.15, 0.2) is 0 Å². The first-order chi connectivity index (χ1) is 8.33. The minimum Gasteiger partial charge on any atom is -0.481 e. The van der Waals surface area contributed by atoms with Crippen LogP contribution in [0.5, 0.6) is 5.88 Å². The Morgan fingerprint density at radius 3 is 3.06 bits per heavy atom. The van der Waals surface area contributed by atoms with Crippen LogP contribution in [-0.2, 0) is 0 Å². The Kier molecular flexibility index (Phi) is 4.14. The van der Waals surface area contributed by atoms with Crippen LogP contribution >= 0.6 is 0 Å². The van der Waals surface area contributed by atoms with Gasteiger partial charge in [-0.3, -0.25) is 0 Å². The van der Waals surface area contributed by atoms with Gasteiger partial charge >= 0.3 is 0 Å². The Morgan fingerprint density at radius 1 is 1.47 bits per heavy atom. The van der Waals surface area contributed by atoms with E-state index in [2.05, 4.69) is 15.3 Å². The second-order valence-corrected chi connectivity index (χ2v) is 4.49. The highest BCUT2D eigenvalue weighted by molar-refractivity contribution is 5.27. The molecule has 1 aliphatic carbocycles. The van der Waals surface area contributed by atoms with Gasteiger partial charge in [0.2, 0.25) is 11.8 Å². The number of aromatic nitrogens is 2. The van der Waals surface area contributed by atoms with Gasteiger partial charge < -0.3 is 15.8 Å². The predicted octanol–water partition coefficient (Wildman–Crippen LogP) is 1.27. The average molecular weight is 236 g/mol. The van der Waals surface area contributed by atoms with Gasteiger partial charge in [0.25, 0.3) is 0 Å². The summed E-state index contributed by atoms with van der Waals surface area (Å²) >= 11 is 0. The Bertz CT molecular complexity index is 358. The third-order valence-corrected chi connectivity index (χ3v) is 3.48. The van der Waals surface area contributed by atoms with Crippen LogP contribution in [0.3, 0.4) is 0 Å². The molecule has 5 heteroatoms. The van der Waals surface area contributed by atoms with Crippen molar-refractivity contribution in [3.05, 3.63) is 12.3 Å². The molecule has 1 aromatic heterocycles. The lowest BCUT2D eigenvalue weighted by molar-refractivity contribution is 0.396. The third-order valence-electron chi connectivity index (χ3n) is 3.48. The molecule has 94 valence electrons. The molecule has 17 heavy (non-hydrogen) atoms. The second kappa shape index (κ2) is 5.82. The average Bonchev–Trinajstić information content (AvgIpc) is 2.84. The SMILES string of the molecule is COc1ccnc(NCC2CCCC2CN)n1. The smallest absolute Gasteiger partial charge is 0.225 e. The maximum Gasteiger partial charge on any atom is 0.225 e. The van der Waals surface area contributed by atoms with Gasteiger partial charge in [0.1, 0.15) is 0 Å². The van der Waals surface area contributed by atoms with Crippen molar-refractivity contribution in [2.75, 3.05) is 25.5 Å². The largest absolute Gasteiger partial charge is 0.481 e. The summed E-state index contributed by atoms with van der Waals surface area (Å²) in [4.78, 5) is 8.39. The Labute approximate surface area is 102 Å². The summed E-state index contributed by atoms with van der Waals surface area (Å²) in [6.07, 6.45) is 5.48. The van der Waals surface area contributed by atoms with Crippen LogP contribution in [0.2, 0.25) is 0 Å². The van der Waals surface area contributed by atoms with Gasteiger partial charge in [0, 0.05) is 18.8 Å². The Hall–Kier alpha value is -1.36. The molecule has 2 rings (SSSR count). The molecule has 1 heterocycles.